The van der Waals surface area contributed by atoms with Crippen molar-refractivity contribution in [3.63, 3.8) is 0 Å². The van der Waals surface area contributed by atoms with Gasteiger partial charge in [0.1, 0.15) is 18.1 Å². The Morgan fingerprint density at radius 1 is 0.889 bits per heavy atom. The molecular weight excluding hydrogens is 352 g/mol. The summed E-state index contributed by atoms with van der Waals surface area (Å²) in [7, 11) is 2.80. The van der Waals surface area contributed by atoms with Gasteiger partial charge in [-0.3, -0.25) is 9.59 Å². The number of benzene rings is 2. The highest BCUT2D eigenvalue weighted by Crippen LogP contribution is 2.17. The van der Waals surface area contributed by atoms with E-state index >= 15 is 0 Å². The minimum Gasteiger partial charge on any atom is -0.497 e. The molecule has 0 saturated carbocycles. The number of amides is 2. The topological polar surface area (TPSA) is 103 Å². The summed E-state index contributed by atoms with van der Waals surface area (Å²) >= 11 is 0. The third-order valence-electron chi connectivity index (χ3n) is 3.50. The lowest BCUT2D eigenvalue weighted by molar-refractivity contribution is -0.136. The molecule has 2 amide bonds. The summed E-state index contributed by atoms with van der Waals surface area (Å²) in [5.41, 5.74) is 0.350. The summed E-state index contributed by atoms with van der Waals surface area (Å²) in [6, 6.07) is 13.2. The molecule has 2 rings (SSSR count). The molecule has 0 spiro atoms. The number of ether oxygens (including phenoxy) is 3. The standard InChI is InChI=1S/C19H20N2O6/c1-25-13-7-9-14(10-8-13)27-12-11-20-17(22)18(23)21-16-6-4-3-5-15(16)19(24)26-2/h3-10H,11-12H2,1-2H3,(H,20,22)(H,21,23). The van der Waals surface area contributed by atoms with Crippen molar-refractivity contribution in [1.82, 2.24) is 5.32 Å². The first-order chi connectivity index (χ1) is 13.0. The smallest absolute Gasteiger partial charge is 0.339 e. The molecule has 0 atom stereocenters. The number of esters is 1. The molecule has 0 aromatic heterocycles. The van der Waals surface area contributed by atoms with Crippen LogP contribution in [0.15, 0.2) is 48.5 Å². The average molecular weight is 372 g/mol. The molecule has 0 aliphatic heterocycles. The lowest BCUT2D eigenvalue weighted by Gasteiger charge is -2.10. The Morgan fingerprint density at radius 2 is 1.56 bits per heavy atom. The number of rotatable bonds is 7. The maximum Gasteiger partial charge on any atom is 0.339 e. The summed E-state index contributed by atoms with van der Waals surface area (Å²) in [5, 5.41) is 4.83. The molecule has 0 radical (unpaired) electrons. The van der Waals surface area contributed by atoms with Crippen molar-refractivity contribution in [2.45, 2.75) is 0 Å². The first-order valence-corrected chi connectivity index (χ1v) is 8.08. The van der Waals surface area contributed by atoms with Gasteiger partial charge in [-0.25, -0.2) is 4.79 Å². The van der Waals surface area contributed by atoms with E-state index < -0.39 is 17.8 Å². The Bertz CT molecular complexity index is 804. The second kappa shape index (κ2) is 9.81. The first kappa shape index (κ1) is 19.8. The molecule has 0 unspecified atom stereocenters. The molecule has 142 valence electrons. The second-order valence-electron chi connectivity index (χ2n) is 5.27. The molecule has 2 aromatic carbocycles. The maximum atomic E-state index is 12.0. The van der Waals surface area contributed by atoms with Gasteiger partial charge >= 0.3 is 17.8 Å². The number of methoxy groups -OCH3 is 2. The minimum absolute atomic E-state index is 0.136. The van der Waals surface area contributed by atoms with Crippen LogP contribution in [0, 0.1) is 0 Å². The highest BCUT2D eigenvalue weighted by molar-refractivity contribution is 6.40. The van der Waals surface area contributed by atoms with E-state index in [2.05, 4.69) is 15.4 Å². The minimum atomic E-state index is -0.893. The van der Waals surface area contributed by atoms with Crippen LogP contribution in [0.4, 0.5) is 5.69 Å². The molecule has 8 heteroatoms. The SMILES string of the molecule is COC(=O)c1ccccc1NC(=O)C(=O)NCCOc1ccc(OC)cc1. The van der Waals surface area contributed by atoms with Crippen molar-refractivity contribution in [2.75, 3.05) is 32.7 Å². The van der Waals surface area contributed by atoms with Gasteiger partial charge < -0.3 is 24.8 Å². The number of para-hydroxylation sites is 1. The predicted octanol–water partition coefficient (Wildman–Crippen LogP) is 1.62. The highest BCUT2D eigenvalue weighted by Gasteiger charge is 2.17. The molecular formula is C19H20N2O6. The number of carbonyl (C=O) groups excluding carboxylic acids is 3. The normalized spacial score (nSPS) is 9.85. The van der Waals surface area contributed by atoms with Crippen molar-refractivity contribution in [2.24, 2.45) is 0 Å². The zero-order valence-electron chi connectivity index (χ0n) is 15.0. The van der Waals surface area contributed by atoms with Crippen molar-refractivity contribution in [1.29, 1.82) is 0 Å². The zero-order valence-corrected chi connectivity index (χ0v) is 15.0. The fourth-order valence-electron chi connectivity index (χ4n) is 2.14. The molecule has 0 heterocycles. The fraction of sp³-hybridized carbons (Fsp3) is 0.211. The molecule has 0 bridgehead atoms. The number of hydrogen-bond acceptors (Lipinski definition) is 6. The van der Waals surface area contributed by atoms with Crippen LogP contribution in [0.1, 0.15) is 10.4 Å². The third-order valence-corrected chi connectivity index (χ3v) is 3.50. The Balaban J connectivity index is 1.80. The van der Waals surface area contributed by atoms with E-state index in [1.165, 1.54) is 19.2 Å². The Morgan fingerprint density at radius 3 is 2.22 bits per heavy atom. The summed E-state index contributed by atoms with van der Waals surface area (Å²) in [4.78, 5) is 35.5. The molecule has 0 saturated heterocycles. The van der Waals surface area contributed by atoms with Gasteiger partial charge in [-0.05, 0) is 36.4 Å². The van der Waals surface area contributed by atoms with Gasteiger partial charge in [-0.15, -0.1) is 0 Å². The van der Waals surface area contributed by atoms with Gasteiger partial charge in [0.05, 0.1) is 32.0 Å². The lowest BCUT2D eigenvalue weighted by Crippen LogP contribution is -2.37. The van der Waals surface area contributed by atoms with Crippen LogP contribution in [-0.4, -0.2) is 45.2 Å². The summed E-state index contributed by atoms with van der Waals surface area (Å²) in [6.45, 7) is 0.320. The van der Waals surface area contributed by atoms with Gasteiger partial charge in [-0.2, -0.15) is 0 Å². The number of hydrogen-bond donors (Lipinski definition) is 2. The van der Waals surface area contributed by atoms with E-state index in [0.29, 0.717) is 11.5 Å². The summed E-state index contributed by atoms with van der Waals surface area (Å²) in [6.07, 6.45) is 0. The predicted molar refractivity (Wildman–Crippen MR) is 97.9 cm³/mol. The summed E-state index contributed by atoms with van der Waals surface area (Å²) in [5.74, 6) is -1.02. The van der Waals surface area contributed by atoms with Crippen molar-refractivity contribution in [3.05, 3.63) is 54.1 Å². The van der Waals surface area contributed by atoms with Crippen LogP contribution >= 0.6 is 0 Å². The van der Waals surface area contributed by atoms with E-state index in [9.17, 15) is 14.4 Å². The van der Waals surface area contributed by atoms with Crippen molar-refractivity contribution < 1.29 is 28.6 Å². The lowest BCUT2D eigenvalue weighted by atomic mass is 10.2. The molecule has 27 heavy (non-hydrogen) atoms. The molecule has 8 nitrogen and oxygen atoms in total. The molecule has 0 aliphatic rings. The van der Waals surface area contributed by atoms with E-state index in [1.807, 2.05) is 0 Å². The monoisotopic (exact) mass is 372 g/mol. The Labute approximate surface area is 156 Å². The second-order valence-corrected chi connectivity index (χ2v) is 5.27. The fourth-order valence-corrected chi connectivity index (χ4v) is 2.14. The van der Waals surface area contributed by atoms with Gasteiger partial charge in [0.15, 0.2) is 0 Å². The third kappa shape index (κ3) is 5.74. The zero-order chi connectivity index (χ0) is 19.6. The molecule has 2 aromatic rings. The number of carbonyl (C=O) groups is 3. The van der Waals surface area contributed by atoms with Crippen molar-refractivity contribution in [3.8, 4) is 11.5 Å². The van der Waals surface area contributed by atoms with E-state index in [1.54, 1.807) is 43.5 Å². The van der Waals surface area contributed by atoms with Crippen LogP contribution in [-0.2, 0) is 14.3 Å². The first-order valence-electron chi connectivity index (χ1n) is 8.08. The van der Waals surface area contributed by atoms with E-state index in [4.69, 9.17) is 9.47 Å². The van der Waals surface area contributed by atoms with Gasteiger partial charge in [0.2, 0.25) is 0 Å². The Hall–Kier alpha value is -3.55. The average Bonchev–Trinajstić information content (AvgIpc) is 2.71. The summed E-state index contributed by atoms with van der Waals surface area (Å²) < 4.78 is 15.1. The maximum absolute atomic E-state index is 12.0. The largest absolute Gasteiger partial charge is 0.497 e. The van der Waals surface area contributed by atoms with Gasteiger partial charge in [0.25, 0.3) is 0 Å². The van der Waals surface area contributed by atoms with Crippen LogP contribution in [0.5, 0.6) is 11.5 Å². The van der Waals surface area contributed by atoms with E-state index in [-0.39, 0.29) is 24.4 Å². The molecule has 0 fully saturated rings. The van der Waals surface area contributed by atoms with E-state index in [0.717, 1.165) is 0 Å². The van der Waals surface area contributed by atoms with Crippen LogP contribution < -0.4 is 20.1 Å². The highest BCUT2D eigenvalue weighted by atomic mass is 16.5. The van der Waals surface area contributed by atoms with Crippen LogP contribution in [0.25, 0.3) is 0 Å². The Kier molecular flexibility index (Phi) is 7.18. The van der Waals surface area contributed by atoms with Crippen LogP contribution in [0.3, 0.4) is 0 Å². The van der Waals surface area contributed by atoms with Gasteiger partial charge in [0, 0.05) is 0 Å². The van der Waals surface area contributed by atoms with Crippen LogP contribution in [0.2, 0.25) is 0 Å². The molecule has 0 aliphatic carbocycles. The molecule has 2 N–H and O–H groups in total. The number of nitrogens with one attached hydrogen (secondary N) is 2. The quantitative estimate of drug-likeness (QED) is 0.435. The van der Waals surface area contributed by atoms with Gasteiger partial charge in [-0.1, -0.05) is 12.1 Å². The van der Waals surface area contributed by atoms with Crippen molar-refractivity contribution >= 4 is 23.5 Å². The number of anilines is 1.